The van der Waals surface area contributed by atoms with Gasteiger partial charge in [-0.25, -0.2) is 13.1 Å². The largest absolute Gasteiger partial charge is 0.295 e. The number of aryl methyl sites for hydroxylation is 1. The van der Waals surface area contributed by atoms with Crippen LogP contribution in [-0.4, -0.2) is 34.0 Å². The number of sulfonamides is 1. The molecule has 0 fully saturated rings. The molecule has 0 amide bonds. The van der Waals surface area contributed by atoms with Crippen LogP contribution in [0.1, 0.15) is 28.1 Å². The molecule has 1 aromatic carbocycles. The number of nitrogens with one attached hydrogen (secondary N) is 1. The summed E-state index contributed by atoms with van der Waals surface area (Å²) in [4.78, 5) is 11.9. The van der Waals surface area contributed by atoms with Gasteiger partial charge in [0.25, 0.3) is 0 Å². The zero-order chi connectivity index (χ0) is 16.6. The van der Waals surface area contributed by atoms with Crippen molar-refractivity contribution in [3.63, 3.8) is 0 Å². The van der Waals surface area contributed by atoms with E-state index in [4.69, 9.17) is 0 Å². The second kappa shape index (κ2) is 5.80. The maximum absolute atomic E-state index is 12.3. The molecule has 0 radical (unpaired) electrons. The Bertz CT molecular complexity index is 973. The zero-order valence-electron chi connectivity index (χ0n) is 12.3. The van der Waals surface area contributed by atoms with Crippen LogP contribution in [0.15, 0.2) is 29.2 Å². The monoisotopic (exact) mass is 351 g/mol. The number of benzene rings is 1. The summed E-state index contributed by atoms with van der Waals surface area (Å²) in [5.74, 6) is 0.530. The molecule has 10 heteroatoms. The van der Waals surface area contributed by atoms with Crippen molar-refractivity contribution in [1.82, 2.24) is 24.5 Å². The molecule has 1 N–H and O–H groups in total. The molecule has 0 aliphatic heterocycles. The number of rotatable bonds is 5. The summed E-state index contributed by atoms with van der Waals surface area (Å²) >= 11 is 1.27. The van der Waals surface area contributed by atoms with E-state index in [2.05, 4.69) is 20.0 Å². The minimum atomic E-state index is -3.67. The second-order valence-electron chi connectivity index (χ2n) is 4.84. The molecule has 2 aromatic heterocycles. The van der Waals surface area contributed by atoms with Crippen LogP contribution in [0, 0.1) is 6.92 Å². The summed E-state index contributed by atoms with van der Waals surface area (Å²) in [5, 5.41) is 12.6. The molecular weight excluding hydrogens is 338 g/mol. The number of hydrogen-bond donors (Lipinski definition) is 1. The number of nitrogens with zero attached hydrogens (tertiary/aromatic N) is 4. The SMILES string of the molecule is CC(=O)c1ccc(S(=O)(=O)NCc2nn3c(C)nnc3s2)cc1. The summed E-state index contributed by atoms with van der Waals surface area (Å²) in [6.45, 7) is 3.26. The van der Waals surface area contributed by atoms with Crippen LogP contribution >= 0.6 is 11.3 Å². The Kier molecular flexibility index (Phi) is 3.96. The molecule has 0 atom stereocenters. The summed E-state index contributed by atoms with van der Waals surface area (Å²) in [6.07, 6.45) is 0. The first-order valence-corrected chi connectivity index (χ1v) is 8.95. The standard InChI is InChI=1S/C13H13N5O3S2/c1-8(19)10-3-5-11(6-4-10)23(20,21)14-7-12-17-18-9(2)15-16-13(18)22-12/h3-6,14H,7H2,1-2H3. The highest BCUT2D eigenvalue weighted by atomic mass is 32.2. The van der Waals surface area contributed by atoms with Gasteiger partial charge in [-0.3, -0.25) is 4.79 Å². The van der Waals surface area contributed by atoms with Gasteiger partial charge in [-0.15, -0.1) is 10.2 Å². The van der Waals surface area contributed by atoms with Gasteiger partial charge < -0.3 is 0 Å². The lowest BCUT2D eigenvalue weighted by molar-refractivity contribution is 0.101. The van der Waals surface area contributed by atoms with Crippen molar-refractivity contribution in [3.05, 3.63) is 40.7 Å². The average Bonchev–Trinajstić information content (AvgIpc) is 3.07. The van der Waals surface area contributed by atoms with E-state index in [0.717, 1.165) is 0 Å². The molecule has 23 heavy (non-hydrogen) atoms. The molecule has 120 valence electrons. The first-order valence-electron chi connectivity index (χ1n) is 6.65. The number of fused-ring (bicyclic) bond motifs is 1. The predicted molar refractivity (Wildman–Crippen MR) is 83.9 cm³/mol. The van der Waals surface area contributed by atoms with Crippen molar-refractivity contribution < 1.29 is 13.2 Å². The third-order valence-corrected chi connectivity index (χ3v) is 5.49. The molecule has 0 saturated carbocycles. The van der Waals surface area contributed by atoms with Crippen LogP contribution in [0.5, 0.6) is 0 Å². The average molecular weight is 351 g/mol. The Morgan fingerprint density at radius 3 is 2.57 bits per heavy atom. The van der Waals surface area contributed by atoms with E-state index in [9.17, 15) is 13.2 Å². The second-order valence-corrected chi connectivity index (χ2v) is 7.65. The summed E-state index contributed by atoms with van der Waals surface area (Å²) < 4.78 is 28.6. The molecule has 0 spiro atoms. The molecule has 0 aliphatic carbocycles. The fraction of sp³-hybridized carbons (Fsp3) is 0.231. The van der Waals surface area contributed by atoms with Crippen molar-refractivity contribution >= 4 is 32.1 Å². The quantitative estimate of drug-likeness (QED) is 0.692. The number of carbonyl (C=O) groups is 1. The van der Waals surface area contributed by atoms with Crippen LogP contribution in [0.2, 0.25) is 0 Å². The lowest BCUT2D eigenvalue weighted by Gasteiger charge is -2.05. The Hall–Kier alpha value is -2.17. The van der Waals surface area contributed by atoms with Crippen molar-refractivity contribution in [1.29, 1.82) is 0 Å². The Morgan fingerprint density at radius 1 is 1.26 bits per heavy atom. The van der Waals surface area contributed by atoms with E-state index >= 15 is 0 Å². The normalized spacial score (nSPS) is 11.9. The molecule has 0 saturated heterocycles. The van der Waals surface area contributed by atoms with Gasteiger partial charge in [-0.05, 0) is 26.0 Å². The first-order chi connectivity index (χ1) is 10.9. The summed E-state index contributed by atoms with van der Waals surface area (Å²) in [5.41, 5.74) is 0.466. The van der Waals surface area contributed by atoms with Crippen LogP contribution in [-0.2, 0) is 16.6 Å². The number of aromatic nitrogens is 4. The summed E-state index contributed by atoms with van der Waals surface area (Å²) in [6, 6.07) is 5.79. The molecule has 2 heterocycles. The molecule has 0 aliphatic rings. The lowest BCUT2D eigenvalue weighted by Crippen LogP contribution is -2.23. The van der Waals surface area contributed by atoms with Crippen molar-refractivity contribution in [2.24, 2.45) is 0 Å². The van der Waals surface area contributed by atoms with Crippen molar-refractivity contribution in [3.8, 4) is 0 Å². The van der Waals surface area contributed by atoms with E-state index in [1.807, 2.05) is 0 Å². The molecule has 3 aromatic rings. The maximum Gasteiger partial charge on any atom is 0.240 e. The van der Waals surface area contributed by atoms with E-state index in [-0.39, 0.29) is 17.2 Å². The highest BCUT2D eigenvalue weighted by Crippen LogP contribution is 2.15. The van der Waals surface area contributed by atoms with E-state index in [1.165, 1.54) is 42.5 Å². The van der Waals surface area contributed by atoms with Gasteiger partial charge in [0.1, 0.15) is 5.01 Å². The number of carbonyl (C=O) groups excluding carboxylic acids is 1. The van der Waals surface area contributed by atoms with Gasteiger partial charge in [0, 0.05) is 5.56 Å². The third-order valence-electron chi connectivity index (χ3n) is 3.17. The molecular formula is C13H13N5O3S2. The van der Waals surface area contributed by atoms with Gasteiger partial charge in [0.05, 0.1) is 11.4 Å². The summed E-state index contributed by atoms with van der Waals surface area (Å²) in [7, 11) is -3.67. The van der Waals surface area contributed by atoms with Crippen molar-refractivity contribution in [2.45, 2.75) is 25.3 Å². The molecule has 8 nitrogen and oxygen atoms in total. The van der Waals surface area contributed by atoms with E-state index in [1.54, 1.807) is 11.4 Å². The van der Waals surface area contributed by atoms with Crippen LogP contribution in [0.3, 0.4) is 0 Å². The Morgan fingerprint density at radius 2 is 1.96 bits per heavy atom. The molecule has 0 bridgehead atoms. The predicted octanol–water partition coefficient (Wildman–Crippen LogP) is 1.18. The van der Waals surface area contributed by atoms with Gasteiger partial charge in [0.15, 0.2) is 11.6 Å². The topological polar surface area (TPSA) is 106 Å². The van der Waals surface area contributed by atoms with Crippen LogP contribution in [0.4, 0.5) is 0 Å². The van der Waals surface area contributed by atoms with Crippen LogP contribution in [0.25, 0.3) is 4.96 Å². The number of ketones is 1. The smallest absolute Gasteiger partial charge is 0.240 e. The first kappa shape index (κ1) is 15.7. The van der Waals surface area contributed by atoms with Gasteiger partial charge >= 0.3 is 0 Å². The zero-order valence-corrected chi connectivity index (χ0v) is 14.0. The Labute approximate surface area is 136 Å². The molecule has 0 unspecified atom stereocenters. The minimum absolute atomic E-state index is 0.0598. The fourth-order valence-corrected chi connectivity index (χ4v) is 3.83. The van der Waals surface area contributed by atoms with Gasteiger partial charge in [-0.2, -0.15) is 9.61 Å². The molecule has 3 rings (SSSR count). The maximum atomic E-state index is 12.3. The minimum Gasteiger partial charge on any atom is -0.295 e. The van der Waals surface area contributed by atoms with Crippen LogP contribution < -0.4 is 4.72 Å². The Balaban J connectivity index is 1.76. The lowest BCUT2D eigenvalue weighted by atomic mass is 10.2. The highest BCUT2D eigenvalue weighted by molar-refractivity contribution is 7.89. The van der Waals surface area contributed by atoms with E-state index in [0.29, 0.717) is 21.4 Å². The van der Waals surface area contributed by atoms with Gasteiger partial charge in [-0.1, -0.05) is 23.5 Å². The van der Waals surface area contributed by atoms with Crippen molar-refractivity contribution in [2.75, 3.05) is 0 Å². The van der Waals surface area contributed by atoms with Gasteiger partial charge in [0.2, 0.25) is 15.0 Å². The number of hydrogen-bond acceptors (Lipinski definition) is 7. The van der Waals surface area contributed by atoms with E-state index < -0.39 is 10.0 Å². The third kappa shape index (κ3) is 3.14. The fourth-order valence-electron chi connectivity index (χ4n) is 1.93. The number of Topliss-reactive ketones (excluding diaryl/α,β-unsaturated/α-hetero) is 1. The highest BCUT2D eigenvalue weighted by Gasteiger charge is 2.16.